The van der Waals surface area contributed by atoms with Gasteiger partial charge in [0.1, 0.15) is 0 Å². The summed E-state index contributed by atoms with van der Waals surface area (Å²) in [6.07, 6.45) is 2.82. The molecule has 1 atom stereocenters. The number of carbonyl (C=O) groups is 1. The van der Waals surface area contributed by atoms with Crippen molar-refractivity contribution >= 4 is 5.91 Å². The van der Waals surface area contributed by atoms with E-state index in [2.05, 4.69) is 34.5 Å². The van der Waals surface area contributed by atoms with E-state index in [0.29, 0.717) is 12.1 Å². The summed E-state index contributed by atoms with van der Waals surface area (Å²) in [6, 6.07) is 17.3. The van der Waals surface area contributed by atoms with Gasteiger partial charge < -0.3 is 10.4 Å². The summed E-state index contributed by atoms with van der Waals surface area (Å²) in [6.45, 7) is 3.80. The van der Waals surface area contributed by atoms with Gasteiger partial charge in [-0.2, -0.15) is 0 Å². The maximum Gasteiger partial charge on any atom is 0.253 e. The molecule has 1 fully saturated rings. The van der Waals surface area contributed by atoms with Gasteiger partial charge in [-0.3, -0.25) is 9.69 Å². The third-order valence-corrected chi connectivity index (χ3v) is 4.71. The van der Waals surface area contributed by atoms with E-state index in [-0.39, 0.29) is 5.91 Å². The van der Waals surface area contributed by atoms with Gasteiger partial charge in [0.25, 0.3) is 5.91 Å². The highest BCUT2D eigenvalue weighted by molar-refractivity contribution is 5.81. The minimum Gasteiger partial charge on any atom is -0.378 e. The van der Waals surface area contributed by atoms with Crippen LogP contribution in [0.2, 0.25) is 0 Å². The lowest BCUT2D eigenvalue weighted by Crippen LogP contribution is -2.29. The highest BCUT2D eigenvalue weighted by atomic mass is 16.3. The van der Waals surface area contributed by atoms with Gasteiger partial charge in [-0.1, -0.05) is 61.0 Å². The van der Waals surface area contributed by atoms with Crippen molar-refractivity contribution in [1.29, 1.82) is 0 Å². The second kappa shape index (κ2) is 8.79. The SMILES string of the molecule is O=C(NCc1ccc(CN2CCCCC2)cc1)C(O)c1ccccc1. The zero-order chi connectivity index (χ0) is 17.5. The third kappa shape index (κ3) is 5.15. The zero-order valence-electron chi connectivity index (χ0n) is 14.5. The molecule has 3 rings (SSSR count). The molecule has 0 aromatic heterocycles. The van der Waals surface area contributed by atoms with Gasteiger partial charge in [0, 0.05) is 13.1 Å². The summed E-state index contributed by atoms with van der Waals surface area (Å²) < 4.78 is 0. The van der Waals surface area contributed by atoms with Crippen LogP contribution in [0.3, 0.4) is 0 Å². The summed E-state index contributed by atoms with van der Waals surface area (Å²) in [5.41, 5.74) is 2.95. The van der Waals surface area contributed by atoms with Gasteiger partial charge in [0.05, 0.1) is 0 Å². The van der Waals surface area contributed by atoms with E-state index in [0.717, 1.165) is 12.1 Å². The molecule has 132 valence electrons. The van der Waals surface area contributed by atoms with Crippen LogP contribution < -0.4 is 5.32 Å². The van der Waals surface area contributed by atoms with E-state index < -0.39 is 6.10 Å². The molecule has 0 aliphatic carbocycles. The Kier molecular flexibility index (Phi) is 6.20. The summed E-state index contributed by atoms with van der Waals surface area (Å²) in [5, 5.41) is 12.9. The number of aliphatic hydroxyl groups excluding tert-OH is 1. The number of benzene rings is 2. The molecular weight excluding hydrogens is 312 g/mol. The number of nitrogens with one attached hydrogen (secondary N) is 1. The van der Waals surface area contributed by atoms with Gasteiger partial charge in [0.2, 0.25) is 0 Å². The Hall–Kier alpha value is -2.17. The van der Waals surface area contributed by atoms with E-state index in [9.17, 15) is 9.90 Å². The van der Waals surface area contributed by atoms with Crippen molar-refractivity contribution in [1.82, 2.24) is 10.2 Å². The first-order valence-corrected chi connectivity index (χ1v) is 9.03. The van der Waals surface area contributed by atoms with E-state index in [1.165, 1.54) is 37.9 Å². The number of piperidine rings is 1. The summed E-state index contributed by atoms with van der Waals surface area (Å²) in [7, 11) is 0. The van der Waals surface area contributed by atoms with Gasteiger partial charge in [0.15, 0.2) is 6.10 Å². The molecule has 1 saturated heterocycles. The lowest BCUT2D eigenvalue weighted by atomic mass is 10.1. The molecule has 1 aliphatic heterocycles. The van der Waals surface area contributed by atoms with Gasteiger partial charge >= 0.3 is 0 Å². The number of hydrogen-bond acceptors (Lipinski definition) is 3. The number of likely N-dealkylation sites (tertiary alicyclic amines) is 1. The van der Waals surface area contributed by atoms with E-state index in [4.69, 9.17) is 0 Å². The molecule has 1 heterocycles. The van der Waals surface area contributed by atoms with Crippen LogP contribution in [0, 0.1) is 0 Å². The molecule has 1 amide bonds. The van der Waals surface area contributed by atoms with E-state index in [1.807, 2.05) is 18.2 Å². The summed E-state index contributed by atoms with van der Waals surface area (Å²) in [4.78, 5) is 14.6. The highest BCUT2D eigenvalue weighted by Gasteiger charge is 2.16. The Labute approximate surface area is 149 Å². The average molecular weight is 338 g/mol. The number of nitrogens with zero attached hydrogens (tertiary/aromatic N) is 1. The van der Waals surface area contributed by atoms with Crippen LogP contribution in [-0.2, 0) is 17.9 Å². The Balaban J connectivity index is 1.49. The fraction of sp³-hybridized carbons (Fsp3) is 0.381. The smallest absolute Gasteiger partial charge is 0.253 e. The predicted molar refractivity (Wildman–Crippen MR) is 98.8 cm³/mol. The second-order valence-electron chi connectivity index (χ2n) is 6.68. The van der Waals surface area contributed by atoms with Crippen molar-refractivity contribution in [3.05, 3.63) is 71.3 Å². The van der Waals surface area contributed by atoms with E-state index >= 15 is 0 Å². The fourth-order valence-electron chi connectivity index (χ4n) is 3.21. The molecule has 4 nitrogen and oxygen atoms in total. The molecule has 2 N–H and O–H groups in total. The van der Waals surface area contributed by atoms with E-state index in [1.54, 1.807) is 12.1 Å². The summed E-state index contributed by atoms with van der Waals surface area (Å²) in [5.74, 6) is -0.372. The third-order valence-electron chi connectivity index (χ3n) is 4.71. The van der Waals surface area contributed by atoms with Crippen molar-refractivity contribution in [2.75, 3.05) is 13.1 Å². The fourth-order valence-corrected chi connectivity index (χ4v) is 3.21. The number of amides is 1. The molecule has 2 aromatic carbocycles. The van der Waals surface area contributed by atoms with Crippen LogP contribution in [0.1, 0.15) is 42.1 Å². The van der Waals surface area contributed by atoms with Crippen LogP contribution in [0.4, 0.5) is 0 Å². The Bertz CT molecular complexity index is 664. The van der Waals surface area contributed by atoms with Crippen molar-refractivity contribution in [2.24, 2.45) is 0 Å². The lowest BCUT2D eigenvalue weighted by Gasteiger charge is -2.26. The van der Waals surface area contributed by atoms with Crippen LogP contribution in [0.5, 0.6) is 0 Å². The number of hydrogen-bond donors (Lipinski definition) is 2. The van der Waals surface area contributed by atoms with Crippen LogP contribution >= 0.6 is 0 Å². The molecular formula is C21H26N2O2. The second-order valence-corrected chi connectivity index (χ2v) is 6.68. The molecule has 25 heavy (non-hydrogen) atoms. The van der Waals surface area contributed by atoms with Crippen LogP contribution in [0.25, 0.3) is 0 Å². The number of carbonyl (C=O) groups excluding carboxylic acids is 1. The molecule has 0 spiro atoms. The summed E-state index contributed by atoms with van der Waals surface area (Å²) >= 11 is 0. The number of rotatable bonds is 6. The van der Waals surface area contributed by atoms with Gasteiger partial charge in [-0.15, -0.1) is 0 Å². The molecule has 2 aromatic rings. The van der Waals surface area contributed by atoms with Crippen LogP contribution in [-0.4, -0.2) is 29.0 Å². The quantitative estimate of drug-likeness (QED) is 0.851. The standard InChI is InChI=1S/C21H26N2O2/c24-20(19-7-3-1-4-8-19)21(25)22-15-17-9-11-18(12-10-17)16-23-13-5-2-6-14-23/h1,3-4,7-12,20,24H,2,5-6,13-16H2,(H,22,25). The van der Waals surface area contributed by atoms with Crippen molar-refractivity contribution < 1.29 is 9.90 Å². The molecule has 1 aliphatic rings. The Morgan fingerprint density at radius 2 is 1.60 bits per heavy atom. The van der Waals surface area contributed by atoms with Crippen molar-refractivity contribution in [3.8, 4) is 0 Å². The average Bonchev–Trinajstić information content (AvgIpc) is 2.68. The first-order chi connectivity index (χ1) is 12.2. The molecule has 0 radical (unpaired) electrons. The molecule has 0 bridgehead atoms. The molecule has 4 heteroatoms. The molecule has 1 unspecified atom stereocenters. The monoisotopic (exact) mass is 338 g/mol. The zero-order valence-corrected chi connectivity index (χ0v) is 14.5. The predicted octanol–water partition coefficient (Wildman–Crippen LogP) is 3.02. The number of aliphatic hydroxyl groups is 1. The minimum absolute atomic E-state index is 0.372. The van der Waals surface area contributed by atoms with Gasteiger partial charge in [-0.05, 0) is 42.6 Å². The topological polar surface area (TPSA) is 52.6 Å². The highest BCUT2D eigenvalue weighted by Crippen LogP contribution is 2.15. The van der Waals surface area contributed by atoms with Crippen molar-refractivity contribution in [2.45, 2.75) is 38.5 Å². The van der Waals surface area contributed by atoms with Crippen molar-refractivity contribution in [3.63, 3.8) is 0 Å². The minimum atomic E-state index is -1.13. The maximum absolute atomic E-state index is 12.1. The van der Waals surface area contributed by atoms with Crippen LogP contribution in [0.15, 0.2) is 54.6 Å². The lowest BCUT2D eigenvalue weighted by molar-refractivity contribution is -0.129. The maximum atomic E-state index is 12.1. The first kappa shape index (κ1) is 17.6. The molecule has 0 saturated carbocycles. The van der Waals surface area contributed by atoms with Gasteiger partial charge in [-0.25, -0.2) is 0 Å². The largest absolute Gasteiger partial charge is 0.378 e. The Morgan fingerprint density at radius 3 is 2.28 bits per heavy atom. The normalized spacial score (nSPS) is 16.4. The first-order valence-electron chi connectivity index (χ1n) is 9.03. The Morgan fingerprint density at radius 1 is 0.960 bits per heavy atom.